The summed E-state index contributed by atoms with van der Waals surface area (Å²) in [5, 5.41) is 0. The summed E-state index contributed by atoms with van der Waals surface area (Å²) >= 11 is 3.50. The third-order valence-electron chi connectivity index (χ3n) is 2.19. The van der Waals surface area contributed by atoms with E-state index in [0.717, 1.165) is 22.0 Å². The number of benzene rings is 1. The maximum atomic E-state index is 6.03. The molecule has 2 heteroatoms. The maximum absolute atomic E-state index is 6.03. The van der Waals surface area contributed by atoms with Crippen LogP contribution in [0.15, 0.2) is 34.8 Å². The van der Waals surface area contributed by atoms with Gasteiger partial charge in [0.1, 0.15) is 0 Å². The van der Waals surface area contributed by atoms with Crippen molar-refractivity contribution in [3.8, 4) is 0 Å². The van der Waals surface area contributed by atoms with Gasteiger partial charge in [-0.05, 0) is 37.5 Å². The van der Waals surface area contributed by atoms with Crippen molar-refractivity contribution >= 4 is 15.9 Å². The highest BCUT2D eigenvalue weighted by Crippen LogP contribution is 2.23. The minimum absolute atomic E-state index is 0.0596. The van der Waals surface area contributed by atoms with Gasteiger partial charge in [-0.3, -0.25) is 0 Å². The number of rotatable bonds is 3. The Bertz CT molecular complexity index is 344. The van der Waals surface area contributed by atoms with E-state index in [-0.39, 0.29) is 6.04 Å². The van der Waals surface area contributed by atoms with E-state index < -0.39 is 0 Å². The van der Waals surface area contributed by atoms with Crippen molar-refractivity contribution in [1.82, 2.24) is 0 Å². The van der Waals surface area contributed by atoms with Crippen molar-refractivity contribution in [3.05, 3.63) is 46.0 Å². The molecule has 1 rings (SSSR count). The minimum Gasteiger partial charge on any atom is -0.324 e. The molecule has 0 spiro atoms. The van der Waals surface area contributed by atoms with Crippen molar-refractivity contribution in [1.29, 1.82) is 0 Å². The van der Waals surface area contributed by atoms with E-state index in [1.165, 1.54) is 5.56 Å². The number of hydrogen-bond acceptors (Lipinski definition) is 1. The first-order valence-electron chi connectivity index (χ1n) is 4.66. The molecule has 2 N–H and O–H groups in total. The predicted molar refractivity (Wildman–Crippen MR) is 65.2 cm³/mol. The summed E-state index contributed by atoms with van der Waals surface area (Å²) in [5.74, 6) is 0. The van der Waals surface area contributed by atoms with Crippen molar-refractivity contribution in [2.75, 3.05) is 0 Å². The van der Waals surface area contributed by atoms with Crippen molar-refractivity contribution < 1.29 is 0 Å². The lowest BCUT2D eigenvalue weighted by atomic mass is 10.0. The fourth-order valence-electron chi connectivity index (χ4n) is 1.33. The van der Waals surface area contributed by atoms with E-state index in [0.29, 0.717) is 0 Å². The van der Waals surface area contributed by atoms with Gasteiger partial charge in [0.2, 0.25) is 0 Å². The highest BCUT2D eigenvalue weighted by atomic mass is 79.9. The molecule has 1 atom stereocenters. The smallest absolute Gasteiger partial charge is 0.0332 e. The average molecular weight is 254 g/mol. The zero-order valence-corrected chi connectivity index (χ0v) is 10.3. The van der Waals surface area contributed by atoms with E-state index >= 15 is 0 Å². The largest absolute Gasteiger partial charge is 0.324 e. The predicted octanol–water partition coefficient (Wildman–Crippen LogP) is 3.72. The van der Waals surface area contributed by atoms with Crippen LogP contribution in [-0.4, -0.2) is 0 Å². The van der Waals surface area contributed by atoms with Gasteiger partial charge in [-0.25, -0.2) is 0 Å². The maximum Gasteiger partial charge on any atom is 0.0332 e. The molecule has 1 aromatic rings. The fraction of sp³-hybridized carbons (Fsp3) is 0.333. The molecule has 1 nitrogen and oxygen atoms in total. The molecule has 0 radical (unpaired) electrons. The van der Waals surface area contributed by atoms with Gasteiger partial charge in [0.15, 0.2) is 0 Å². The lowest BCUT2D eigenvalue weighted by Gasteiger charge is -2.12. The number of nitrogens with two attached hydrogens (primary N) is 1. The Hall–Kier alpha value is -0.600. The highest BCUT2D eigenvalue weighted by Gasteiger charge is 2.07. The van der Waals surface area contributed by atoms with E-state index in [1.54, 1.807) is 0 Å². The van der Waals surface area contributed by atoms with Gasteiger partial charge in [0.05, 0.1) is 0 Å². The highest BCUT2D eigenvalue weighted by molar-refractivity contribution is 9.10. The number of hydrogen-bond donors (Lipinski definition) is 1. The third kappa shape index (κ3) is 2.96. The first kappa shape index (κ1) is 11.5. The third-order valence-corrected chi connectivity index (χ3v) is 3.05. The van der Waals surface area contributed by atoms with Crippen molar-refractivity contribution in [3.63, 3.8) is 0 Å². The van der Waals surface area contributed by atoms with Gasteiger partial charge in [-0.2, -0.15) is 0 Å². The summed E-state index contributed by atoms with van der Waals surface area (Å²) < 4.78 is 1.12. The Morgan fingerprint density at radius 3 is 2.71 bits per heavy atom. The SMILES string of the molecule is C=C(C)C[C@H](N)c1ccc(C)c(Br)c1. The molecule has 1 aromatic carbocycles. The minimum atomic E-state index is 0.0596. The second-order valence-electron chi connectivity index (χ2n) is 3.78. The van der Waals surface area contributed by atoms with Gasteiger partial charge in [0, 0.05) is 10.5 Å². The van der Waals surface area contributed by atoms with Crippen molar-refractivity contribution in [2.24, 2.45) is 5.73 Å². The molecule has 0 aromatic heterocycles. The zero-order valence-electron chi connectivity index (χ0n) is 8.68. The second-order valence-corrected chi connectivity index (χ2v) is 4.63. The van der Waals surface area contributed by atoms with Crippen LogP contribution in [0.1, 0.15) is 30.5 Å². The topological polar surface area (TPSA) is 26.0 Å². The second kappa shape index (κ2) is 4.76. The summed E-state index contributed by atoms with van der Waals surface area (Å²) in [6, 6.07) is 6.30. The molecule has 76 valence electrons. The van der Waals surface area contributed by atoms with Crippen LogP contribution >= 0.6 is 15.9 Å². The Kier molecular flexibility index (Phi) is 3.90. The van der Waals surface area contributed by atoms with E-state index in [9.17, 15) is 0 Å². The molecule has 0 saturated heterocycles. The number of halogens is 1. The molecule has 0 aliphatic carbocycles. The lowest BCUT2D eigenvalue weighted by Crippen LogP contribution is -2.10. The monoisotopic (exact) mass is 253 g/mol. The molecule has 0 unspecified atom stereocenters. The Balaban J connectivity index is 2.85. The Morgan fingerprint density at radius 2 is 2.21 bits per heavy atom. The number of aryl methyl sites for hydroxylation is 1. The average Bonchev–Trinajstić information content (AvgIpc) is 2.08. The van der Waals surface area contributed by atoms with Crippen LogP contribution in [-0.2, 0) is 0 Å². The summed E-state index contributed by atoms with van der Waals surface area (Å²) in [6.45, 7) is 7.94. The van der Waals surface area contributed by atoms with Crippen LogP contribution in [0.2, 0.25) is 0 Å². The molecule has 0 aliphatic heterocycles. The van der Waals surface area contributed by atoms with Gasteiger partial charge in [-0.15, -0.1) is 6.58 Å². The summed E-state index contributed by atoms with van der Waals surface area (Å²) in [4.78, 5) is 0. The molecular weight excluding hydrogens is 238 g/mol. The Morgan fingerprint density at radius 1 is 1.57 bits per heavy atom. The van der Waals surface area contributed by atoms with Gasteiger partial charge in [0.25, 0.3) is 0 Å². The first-order chi connectivity index (χ1) is 6.50. The quantitative estimate of drug-likeness (QED) is 0.817. The first-order valence-corrected chi connectivity index (χ1v) is 5.46. The molecule has 0 saturated carbocycles. The van der Waals surface area contributed by atoms with Gasteiger partial charge >= 0.3 is 0 Å². The van der Waals surface area contributed by atoms with Crippen LogP contribution in [0.5, 0.6) is 0 Å². The van der Waals surface area contributed by atoms with Crippen molar-refractivity contribution in [2.45, 2.75) is 26.3 Å². The normalized spacial score (nSPS) is 12.6. The van der Waals surface area contributed by atoms with Crippen LogP contribution in [0.3, 0.4) is 0 Å². The van der Waals surface area contributed by atoms with Crippen LogP contribution in [0.25, 0.3) is 0 Å². The van der Waals surface area contributed by atoms with Gasteiger partial charge < -0.3 is 5.73 Å². The molecule has 14 heavy (non-hydrogen) atoms. The Labute approximate surface area is 94.1 Å². The summed E-state index contributed by atoms with van der Waals surface area (Å²) in [7, 11) is 0. The molecule has 0 heterocycles. The van der Waals surface area contributed by atoms with E-state index in [1.807, 2.05) is 6.92 Å². The van der Waals surface area contributed by atoms with Crippen LogP contribution in [0.4, 0.5) is 0 Å². The van der Waals surface area contributed by atoms with Crippen LogP contribution < -0.4 is 5.73 Å². The zero-order chi connectivity index (χ0) is 10.7. The fourth-order valence-corrected chi connectivity index (χ4v) is 1.73. The summed E-state index contributed by atoms with van der Waals surface area (Å²) in [6.07, 6.45) is 0.843. The molecule has 0 bridgehead atoms. The summed E-state index contributed by atoms with van der Waals surface area (Å²) in [5.41, 5.74) is 9.54. The lowest BCUT2D eigenvalue weighted by molar-refractivity contribution is 0.716. The molecule has 0 fully saturated rings. The standard InChI is InChI=1S/C12H16BrN/c1-8(2)6-12(14)10-5-4-9(3)11(13)7-10/h4-5,7,12H,1,6,14H2,2-3H3/t12-/m0/s1. The van der Waals surface area contributed by atoms with Crippen LogP contribution in [0, 0.1) is 6.92 Å². The molecule has 0 aliphatic rings. The van der Waals surface area contributed by atoms with Gasteiger partial charge in [-0.1, -0.05) is 33.6 Å². The molecular formula is C12H16BrN. The van der Waals surface area contributed by atoms with E-state index in [2.05, 4.69) is 47.6 Å². The van der Waals surface area contributed by atoms with E-state index in [4.69, 9.17) is 5.73 Å². The molecule has 0 amide bonds.